The number of rotatable bonds is 8. The summed E-state index contributed by atoms with van der Waals surface area (Å²) >= 11 is 5.84. The fraction of sp³-hybridized carbons (Fsp3) is 0.571. The van der Waals surface area contributed by atoms with Gasteiger partial charge in [0.15, 0.2) is 0 Å². The molecule has 0 bridgehead atoms. The number of alkyl halides is 1. The van der Waals surface area contributed by atoms with Crippen LogP contribution in [0.15, 0.2) is 23.1 Å². The number of sulfonamides is 1. The lowest BCUT2D eigenvalue weighted by atomic mass is 10.2. The van der Waals surface area contributed by atoms with Crippen LogP contribution < -0.4 is 4.74 Å². The van der Waals surface area contributed by atoms with E-state index in [0.717, 1.165) is 13.0 Å². The molecule has 0 aliphatic heterocycles. The van der Waals surface area contributed by atoms with Crippen molar-refractivity contribution < 1.29 is 13.2 Å². The van der Waals surface area contributed by atoms with Gasteiger partial charge in [0.1, 0.15) is 5.75 Å². The smallest absolute Gasteiger partial charge is 0.242 e. The number of methoxy groups -OCH3 is 1. The number of nitrogens with zero attached hydrogens (tertiary/aromatic N) is 2. The third kappa shape index (κ3) is 4.85. The summed E-state index contributed by atoms with van der Waals surface area (Å²) in [6.07, 6.45) is 0.779. The van der Waals surface area contributed by atoms with Gasteiger partial charge < -0.3 is 9.64 Å². The van der Waals surface area contributed by atoms with E-state index in [-0.39, 0.29) is 10.8 Å². The molecule has 0 aromatic heterocycles. The largest absolute Gasteiger partial charge is 0.496 e. The van der Waals surface area contributed by atoms with Gasteiger partial charge in [-0.25, -0.2) is 12.7 Å². The van der Waals surface area contributed by atoms with Gasteiger partial charge in [-0.15, -0.1) is 11.6 Å². The van der Waals surface area contributed by atoms with Crippen molar-refractivity contribution in [3.63, 3.8) is 0 Å². The highest BCUT2D eigenvalue weighted by molar-refractivity contribution is 7.89. The van der Waals surface area contributed by atoms with Crippen LogP contribution in [0.25, 0.3) is 0 Å². The second-order valence-corrected chi connectivity index (χ2v) is 7.40. The van der Waals surface area contributed by atoms with Crippen LogP contribution in [0.5, 0.6) is 5.75 Å². The Hall–Kier alpha value is -0.820. The number of hydrogen-bond acceptors (Lipinski definition) is 4. The monoisotopic (exact) mass is 334 g/mol. The standard InChI is InChI=1S/C14H23ClN2O3S/c1-16(2)8-5-9-17(3)21(18,19)13-6-7-14(20-4)12(10-13)11-15/h6-7,10H,5,8-9,11H2,1-4H3. The Labute approximate surface area is 132 Å². The molecule has 7 heteroatoms. The van der Waals surface area contributed by atoms with Gasteiger partial charge in [-0.2, -0.15) is 0 Å². The molecule has 0 atom stereocenters. The fourth-order valence-electron chi connectivity index (χ4n) is 1.93. The molecule has 120 valence electrons. The van der Waals surface area contributed by atoms with Gasteiger partial charge in [0.2, 0.25) is 10.0 Å². The van der Waals surface area contributed by atoms with E-state index in [2.05, 4.69) is 0 Å². The Morgan fingerprint density at radius 1 is 1.19 bits per heavy atom. The van der Waals surface area contributed by atoms with E-state index in [9.17, 15) is 8.42 Å². The Morgan fingerprint density at radius 2 is 1.86 bits per heavy atom. The number of halogens is 1. The first-order chi connectivity index (χ1) is 9.82. The van der Waals surface area contributed by atoms with Gasteiger partial charge in [0, 0.05) is 19.2 Å². The number of hydrogen-bond donors (Lipinski definition) is 0. The van der Waals surface area contributed by atoms with Crippen LogP contribution in [0.2, 0.25) is 0 Å². The quantitative estimate of drug-likeness (QED) is 0.682. The molecule has 0 N–H and O–H groups in total. The van der Waals surface area contributed by atoms with Gasteiger partial charge in [0.25, 0.3) is 0 Å². The average Bonchev–Trinajstić information content (AvgIpc) is 2.45. The van der Waals surface area contributed by atoms with E-state index in [1.807, 2.05) is 19.0 Å². The topological polar surface area (TPSA) is 49.9 Å². The highest BCUT2D eigenvalue weighted by atomic mass is 35.5. The minimum absolute atomic E-state index is 0.205. The molecular formula is C14H23ClN2O3S. The van der Waals surface area contributed by atoms with Crippen LogP contribution in [0.1, 0.15) is 12.0 Å². The highest BCUT2D eigenvalue weighted by Gasteiger charge is 2.21. The van der Waals surface area contributed by atoms with Crippen LogP contribution in [0.4, 0.5) is 0 Å². The predicted molar refractivity (Wildman–Crippen MR) is 85.5 cm³/mol. The van der Waals surface area contributed by atoms with Crippen LogP contribution in [0.3, 0.4) is 0 Å². The summed E-state index contributed by atoms with van der Waals surface area (Å²) in [5.74, 6) is 0.802. The maximum Gasteiger partial charge on any atom is 0.242 e. The second kappa shape index (κ2) is 7.98. The lowest BCUT2D eigenvalue weighted by molar-refractivity contribution is 0.370. The molecule has 0 aliphatic rings. The third-order valence-electron chi connectivity index (χ3n) is 3.18. The lowest BCUT2D eigenvalue weighted by Gasteiger charge is -2.19. The first kappa shape index (κ1) is 18.2. The first-order valence-corrected chi connectivity index (χ1v) is 8.64. The van der Waals surface area contributed by atoms with Gasteiger partial charge >= 0.3 is 0 Å². The van der Waals surface area contributed by atoms with E-state index < -0.39 is 10.0 Å². The molecule has 0 saturated heterocycles. The molecule has 0 saturated carbocycles. The Kier molecular flexibility index (Phi) is 6.93. The van der Waals surface area contributed by atoms with Crippen LogP contribution in [-0.4, -0.2) is 59.0 Å². The Morgan fingerprint density at radius 3 is 2.38 bits per heavy atom. The molecule has 0 amide bonds. The molecule has 1 aromatic rings. The molecule has 0 aliphatic carbocycles. The van der Waals surface area contributed by atoms with Crippen molar-refractivity contribution in [3.05, 3.63) is 23.8 Å². The summed E-state index contributed by atoms with van der Waals surface area (Å²) in [6, 6.07) is 4.76. The zero-order valence-electron chi connectivity index (χ0n) is 13.0. The fourth-order valence-corrected chi connectivity index (χ4v) is 3.40. The van der Waals surface area contributed by atoms with Crippen molar-refractivity contribution in [2.24, 2.45) is 0 Å². The summed E-state index contributed by atoms with van der Waals surface area (Å²) < 4.78 is 31.5. The van der Waals surface area contributed by atoms with Crippen LogP contribution in [0, 0.1) is 0 Å². The molecule has 0 spiro atoms. The molecule has 1 rings (SSSR count). The van der Waals surface area contributed by atoms with E-state index in [1.54, 1.807) is 25.2 Å². The van der Waals surface area contributed by atoms with Gasteiger partial charge in [-0.3, -0.25) is 0 Å². The van der Waals surface area contributed by atoms with Crippen molar-refractivity contribution in [1.29, 1.82) is 0 Å². The molecule has 5 nitrogen and oxygen atoms in total. The summed E-state index contributed by atoms with van der Waals surface area (Å²) in [4.78, 5) is 2.27. The number of benzene rings is 1. The molecule has 0 fully saturated rings. The maximum absolute atomic E-state index is 12.5. The average molecular weight is 335 g/mol. The minimum Gasteiger partial charge on any atom is -0.496 e. The van der Waals surface area contributed by atoms with Crippen molar-refractivity contribution in [2.45, 2.75) is 17.2 Å². The van der Waals surface area contributed by atoms with Crippen molar-refractivity contribution in [3.8, 4) is 5.75 Å². The zero-order valence-corrected chi connectivity index (χ0v) is 14.5. The summed E-state index contributed by atoms with van der Waals surface area (Å²) in [7, 11) is 3.56. The SMILES string of the molecule is COc1ccc(S(=O)(=O)N(C)CCCN(C)C)cc1CCl. The number of ether oxygens (including phenoxy) is 1. The molecule has 21 heavy (non-hydrogen) atoms. The van der Waals surface area contributed by atoms with Crippen LogP contribution >= 0.6 is 11.6 Å². The van der Waals surface area contributed by atoms with Gasteiger partial charge in [0.05, 0.1) is 17.9 Å². The molecule has 0 unspecified atom stereocenters. The molecular weight excluding hydrogens is 312 g/mol. The van der Waals surface area contributed by atoms with Crippen molar-refractivity contribution in [2.75, 3.05) is 41.3 Å². The third-order valence-corrected chi connectivity index (χ3v) is 5.32. The summed E-state index contributed by atoms with van der Waals surface area (Å²) in [5, 5.41) is 0. The summed E-state index contributed by atoms with van der Waals surface area (Å²) in [5.41, 5.74) is 0.668. The highest BCUT2D eigenvalue weighted by Crippen LogP contribution is 2.25. The van der Waals surface area contributed by atoms with Gasteiger partial charge in [-0.05, 0) is 45.3 Å². The van der Waals surface area contributed by atoms with E-state index >= 15 is 0 Å². The molecule has 1 aromatic carbocycles. The van der Waals surface area contributed by atoms with E-state index in [4.69, 9.17) is 16.3 Å². The molecule has 0 heterocycles. The zero-order chi connectivity index (χ0) is 16.0. The normalized spacial score (nSPS) is 12.1. The minimum atomic E-state index is -3.49. The van der Waals surface area contributed by atoms with Crippen LogP contribution in [-0.2, 0) is 15.9 Å². The maximum atomic E-state index is 12.5. The Bertz CT molecular complexity index is 561. The van der Waals surface area contributed by atoms with Gasteiger partial charge in [-0.1, -0.05) is 0 Å². The summed E-state index contributed by atoms with van der Waals surface area (Å²) in [6.45, 7) is 1.32. The predicted octanol–water partition coefficient (Wildman–Crippen LogP) is 2.01. The van der Waals surface area contributed by atoms with Crippen molar-refractivity contribution >= 4 is 21.6 Å². The Balaban J connectivity index is 2.91. The van der Waals surface area contributed by atoms with Crippen molar-refractivity contribution in [1.82, 2.24) is 9.21 Å². The van der Waals surface area contributed by atoms with E-state index in [1.165, 1.54) is 11.4 Å². The first-order valence-electron chi connectivity index (χ1n) is 6.67. The van der Waals surface area contributed by atoms with E-state index in [0.29, 0.717) is 17.9 Å². The second-order valence-electron chi connectivity index (χ2n) is 5.09. The lowest BCUT2D eigenvalue weighted by Crippen LogP contribution is -2.30. The molecule has 0 radical (unpaired) electrons.